The Bertz CT molecular complexity index is 865. The molecule has 0 bridgehead atoms. The quantitative estimate of drug-likeness (QED) is 0.821. The average molecular weight is 396 g/mol. The number of ether oxygens (including phenoxy) is 2. The summed E-state index contributed by atoms with van der Waals surface area (Å²) in [6, 6.07) is 11.2. The monoisotopic (exact) mass is 396 g/mol. The topological polar surface area (TPSA) is 84.0 Å². The summed E-state index contributed by atoms with van der Waals surface area (Å²) >= 11 is 0. The SMILES string of the molecule is O=C(CN1C(=O)CCOc2ccccc21)NCc1ccc(N2CCOCC2)nc1. The number of aromatic nitrogens is 1. The van der Waals surface area contributed by atoms with E-state index in [4.69, 9.17) is 9.47 Å². The number of nitrogens with zero attached hydrogens (tertiary/aromatic N) is 3. The molecule has 0 saturated carbocycles. The second-order valence-corrected chi connectivity index (χ2v) is 6.95. The van der Waals surface area contributed by atoms with Crippen molar-refractivity contribution in [3.8, 4) is 5.75 Å². The highest BCUT2D eigenvalue weighted by molar-refractivity contribution is 6.00. The van der Waals surface area contributed by atoms with Crippen molar-refractivity contribution in [3.05, 3.63) is 48.2 Å². The lowest BCUT2D eigenvalue weighted by atomic mass is 10.2. The summed E-state index contributed by atoms with van der Waals surface area (Å²) < 4.78 is 11.0. The minimum Gasteiger partial charge on any atom is -0.491 e. The van der Waals surface area contributed by atoms with Crippen molar-refractivity contribution in [2.45, 2.75) is 13.0 Å². The van der Waals surface area contributed by atoms with Gasteiger partial charge in [0.15, 0.2) is 0 Å². The lowest BCUT2D eigenvalue weighted by Gasteiger charge is -2.27. The first-order chi connectivity index (χ1) is 14.2. The van der Waals surface area contributed by atoms with Gasteiger partial charge >= 0.3 is 0 Å². The predicted octanol–water partition coefficient (Wildman–Crippen LogP) is 1.35. The molecule has 0 atom stereocenters. The van der Waals surface area contributed by atoms with E-state index in [0.29, 0.717) is 37.8 Å². The summed E-state index contributed by atoms with van der Waals surface area (Å²) in [7, 11) is 0. The number of benzene rings is 1. The van der Waals surface area contributed by atoms with Crippen molar-refractivity contribution in [1.29, 1.82) is 0 Å². The number of pyridine rings is 1. The fraction of sp³-hybridized carbons (Fsp3) is 0.381. The number of fused-ring (bicyclic) bond motifs is 1. The normalized spacial score (nSPS) is 16.6. The van der Waals surface area contributed by atoms with Crippen molar-refractivity contribution in [1.82, 2.24) is 10.3 Å². The van der Waals surface area contributed by atoms with E-state index in [2.05, 4.69) is 15.2 Å². The van der Waals surface area contributed by atoms with Crippen LogP contribution in [-0.2, 0) is 20.9 Å². The molecule has 0 radical (unpaired) electrons. The Balaban J connectivity index is 1.34. The Morgan fingerprint density at radius 3 is 2.72 bits per heavy atom. The first-order valence-electron chi connectivity index (χ1n) is 9.77. The number of carbonyl (C=O) groups is 2. The van der Waals surface area contributed by atoms with Crippen molar-refractivity contribution < 1.29 is 19.1 Å². The standard InChI is InChI=1S/C21H24N4O4/c26-20(15-25-17-3-1-2-4-18(17)29-10-7-21(25)27)23-14-16-5-6-19(22-13-16)24-8-11-28-12-9-24/h1-6,13H,7-12,14-15H2,(H,23,26). The van der Waals surface area contributed by atoms with E-state index in [0.717, 1.165) is 24.5 Å². The fourth-order valence-electron chi connectivity index (χ4n) is 3.39. The van der Waals surface area contributed by atoms with Crippen molar-refractivity contribution in [2.24, 2.45) is 0 Å². The molecular formula is C21H24N4O4. The molecule has 3 heterocycles. The number of carbonyl (C=O) groups excluding carboxylic acids is 2. The maximum atomic E-state index is 12.5. The van der Waals surface area contributed by atoms with Crippen molar-refractivity contribution in [2.75, 3.05) is 49.3 Å². The molecule has 2 aliphatic rings. The van der Waals surface area contributed by atoms with E-state index in [9.17, 15) is 9.59 Å². The van der Waals surface area contributed by atoms with Crippen LogP contribution in [-0.4, -0.2) is 56.3 Å². The third kappa shape index (κ3) is 4.65. The van der Waals surface area contributed by atoms with Gasteiger partial charge in [-0.1, -0.05) is 18.2 Å². The molecule has 2 aliphatic heterocycles. The summed E-state index contributed by atoms with van der Waals surface area (Å²) in [6.07, 6.45) is 2.01. The summed E-state index contributed by atoms with van der Waals surface area (Å²) in [5.74, 6) is 1.18. The molecule has 4 rings (SSSR count). The largest absolute Gasteiger partial charge is 0.491 e. The molecular weight excluding hydrogens is 372 g/mol. The molecule has 1 saturated heterocycles. The number of amides is 2. The predicted molar refractivity (Wildman–Crippen MR) is 108 cm³/mol. The van der Waals surface area contributed by atoms with Gasteiger partial charge in [0, 0.05) is 25.8 Å². The lowest BCUT2D eigenvalue weighted by molar-refractivity contribution is -0.124. The molecule has 1 fully saturated rings. The van der Waals surface area contributed by atoms with Gasteiger partial charge in [0.1, 0.15) is 18.1 Å². The highest BCUT2D eigenvalue weighted by Gasteiger charge is 2.24. The van der Waals surface area contributed by atoms with E-state index >= 15 is 0 Å². The maximum absolute atomic E-state index is 12.5. The molecule has 1 aromatic carbocycles. The Morgan fingerprint density at radius 1 is 1.10 bits per heavy atom. The number of hydrogen-bond donors (Lipinski definition) is 1. The van der Waals surface area contributed by atoms with Gasteiger partial charge in [-0.15, -0.1) is 0 Å². The van der Waals surface area contributed by atoms with Crippen LogP contribution in [0.4, 0.5) is 11.5 Å². The van der Waals surface area contributed by atoms with E-state index < -0.39 is 0 Å². The van der Waals surface area contributed by atoms with E-state index in [1.54, 1.807) is 18.3 Å². The Kier molecular flexibility index (Phi) is 5.90. The minimum atomic E-state index is -0.229. The Morgan fingerprint density at radius 2 is 1.93 bits per heavy atom. The highest BCUT2D eigenvalue weighted by Crippen LogP contribution is 2.30. The highest BCUT2D eigenvalue weighted by atomic mass is 16.5. The second kappa shape index (κ2) is 8.91. The van der Waals surface area contributed by atoms with Crippen LogP contribution in [0.1, 0.15) is 12.0 Å². The molecule has 1 aromatic heterocycles. The number of morpholine rings is 1. The number of rotatable bonds is 5. The summed E-state index contributed by atoms with van der Waals surface area (Å²) in [4.78, 5) is 33.0. The van der Waals surface area contributed by atoms with Crippen LogP contribution in [0, 0.1) is 0 Å². The number of para-hydroxylation sites is 2. The molecule has 1 N–H and O–H groups in total. The molecule has 2 aromatic rings. The summed E-state index contributed by atoms with van der Waals surface area (Å²) in [6.45, 7) is 3.71. The molecule has 29 heavy (non-hydrogen) atoms. The fourth-order valence-corrected chi connectivity index (χ4v) is 3.39. The van der Waals surface area contributed by atoms with Crippen LogP contribution >= 0.6 is 0 Å². The van der Waals surface area contributed by atoms with Gasteiger partial charge in [0.25, 0.3) is 0 Å². The van der Waals surface area contributed by atoms with E-state index in [1.807, 2.05) is 24.3 Å². The third-order valence-electron chi connectivity index (χ3n) is 4.97. The number of hydrogen-bond acceptors (Lipinski definition) is 6. The summed E-state index contributed by atoms with van der Waals surface area (Å²) in [5, 5.41) is 2.87. The smallest absolute Gasteiger partial charge is 0.240 e. The van der Waals surface area contributed by atoms with Gasteiger partial charge < -0.3 is 19.7 Å². The van der Waals surface area contributed by atoms with Crippen LogP contribution < -0.4 is 19.9 Å². The molecule has 8 heteroatoms. The van der Waals surface area contributed by atoms with E-state index in [1.165, 1.54) is 4.90 Å². The zero-order valence-corrected chi connectivity index (χ0v) is 16.2. The van der Waals surface area contributed by atoms with Gasteiger partial charge in [0.2, 0.25) is 11.8 Å². The zero-order chi connectivity index (χ0) is 20.1. The van der Waals surface area contributed by atoms with Crippen molar-refractivity contribution in [3.63, 3.8) is 0 Å². The van der Waals surface area contributed by atoms with Gasteiger partial charge in [-0.2, -0.15) is 0 Å². The number of anilines is 2. The van der Waals surface area contributed by atoms with Gasteiger partial charge in [0.05, 0.1) is 31.9 Å². The molecule has 0 unspecified atom stereocenters. The maximum Gasteiger partial charge on any atom is 0.240 e. The average Bonchev–Trinajstić information content (AvgIpc) is 2.92. The van der Waals surface area contributed by atoms with Crippen LogP contribution in [0.2, 0.25) is 0 Å². The van der Waals surface area contributed by atoms with Gasteiger partial charge in [-0.05, 0) is 23.8 Å². The van der Waals surface area contributed by atoms with Crippen LogP contribution in [0.25, 0.3) is 0 Å². The van der Waals surface area contributed by atoms with E-state index in [-0.39, 0.29) is 24.8 Å². The lowest BCUT2D eigenvalue weighted by Crippen LogP contribution is -2.40. The first-order valence-corrected chi connectivity index (χ1v) is 9.77. The number of nitrogens with one attached hydrogen (secondary N) is 1. The van der Waals surface area contributed by atoms with Gasteiger partial charge in [-0.3, -0.25) is 14.5 Å². The molecule has 0 aliphatic carbocycles. The molecule has 152 valence electrons. The van der Waals surface area contributed by atoms with Crippen molar-refractivity contribution >= 4 is 23.3 Å². The zero-order valence-electron chi connectivity index (χ0n) is 16.2. The molecule has 2 amide bonds. The first kappa shape index (κ1) is 19.2. The van der Waals surface area contributed by atoms with Crippen LogP contribution in [0.15, 0.2) is 42.6 Å². The second-order valence-electron chi connectivity index (χ2n) is 6.95. The third-order valence-corrected chi connectivity index (χ3v) is 4.97. The summed E-state index contributed by atoms with van der Waals surface area (Å²) in [5.41, 5.74) is 1.53. The van der Waals surface area contributed by atoms with Crippen LogP contribution in [0.5, 0.6) is 5.75 Å². The Labute approximate surface area is 169 Å². The Hall–Kier alpha value is -3.13. The minimum absolute atomic E-state index is 0.0432. The molecule has 8 nitrogen and oxygen atoms in total. The molecule has 0 spiro atoms. The van der Waals surface area contributed by atoms with Gasteiger partial charge in [-0.25, -0.2) is 4.98 Å². The van der Waals surface area contributed by atoms with Crippen LogP contribution in [0.3, 0.4) is 0 Å².